The van der Waals surface area contributed by atoms with E-state index in [1.807, 2.05) is 58.0 Å². The van der Waals surface area contributed by atoms with Crippen LogP contribution in [0, 0.1) is 0 Å². The van der Waals surface area contributed by atoms with E-state index in [1.54, 1.807) is 23.1 Å². The molecule has 9 nitrogen and oxygen atoms in total. The third-order valence-electron chi connectivity index (χ3n) is 6.05. The molecule has 1 atom stereocenters. The predicted octanol–water partition coefficient (Wildman–Crippen LogP) is 3.73. The molecule has 0 spiro atoms. The fourth-order valence-electron chi connectivity index (χ4n) is 4.34. The van der Waals surface area contributed by atoms with Crippen LogP contribution in [0.4, 0.5) is 5.69 Å². The summed E-state index contributed by atoms with van der Waals surface area (Å²) >= 11 is 0. The molecule has 208 valence electrons. The molecule has 0 aromatic heterocycles. The first-order chi connectivity index (χ1) is 17.9. The summed E-state index contributed by atoms with van der Waals surface area (Å²) in [5.74, 6) is 0.640. The van der Waals surface area contributed by atoms with Crippen LogP contribution in [0.1, 0.15) is 52.5 Å². The Kier molecular flexibility index (Phi) is 9.65. The van der Waals surface area contributed by atoms with E-state index in [0.717, 1.165) is 11.8 Å². The first-order valence-electron chi connectivity index (χ1n) is 12.9. The second kappa shape index (κ2) is 12.5. The first kappa shape index (κ1) is 29.3. The number of carbonyl (C=O) groups excluding carboxylic acids is 2. The fraction of sp³-hybridized carbons (Fsp3) is 0.500. The molecule has 0 radical (unpaired) electrons. The van der Waals surface area contributed by atoms with Gasteiger partial charge >= 0.3 is 0 Å². The monoisotopic (exact) mass is 545 g/mol. The van der Waals surface area contributed by atoms with Crippen LogP contribution in [0.3, 0.4) is 0 Å². The van der Waals surface area contributed by atoms with Gasteiger partial charge < -0.3 is 19.7 Å². The third-order valence-corrected chi connectivity index (χ3v) is 7.24. The molecule has 0 fully saturated rings. The second-order valence-electron chi connectivity index (χ2n) is 10.4. The number of rotatable bonds is 11. The number of anilines is 1. The number of ether oxygens (including phenoxy) is 2. The highest BCUT2D eigenvalue weighted by atomic mass is 32.2. The molecule has 1 N–H and O–H groups in total. The Morgan fingerprint density at radius 2 is 1.68 bits per heavy atom. The van der Waals surface area contributed by atoms with E-state index in [1.165, 1.54) is 4.31 Å². The van der Waals surface area contributed by atoms with Crippen LogP contribution in [-0.4, -0.2) is 62.7 Å². The minimum Gasteiger partial charge on any atom is -0.486 e. The van der Waals surface area contributed by atoms with Crippen LogP contribution < -0.4 is 19.1 Å². The lowest BCUT2D eigenvalue weighted by Crippen LogP contribution is -2.53. The lowest BCUT2D eigenvalue weighted by molar-refractivity contribution is -0.142. The number of fused-ring (bicyclic) bond motifs is 1. The molecule has 1 heterocycles. The summed E-state index contributed by atoms with van der Waals surface area (Å²) in [6, 6.07) is 13.9. The van der Waals surface area contributed by atoms with Gasteiger partial charge in [0.15, 0.2) is 11.5 Å². The van der Waals surface area contributed by atoms with Crippen LogP contribution in [0.25, 0.3) is 0 Å². The van der Waals surface area contributed by atoms with E-state index < -0.39 is 21.6 Å². The number of amides is 2. The zero-order valence-electron chi connectivity index (χ0n) is 22.9. The number of benzene rings is 2. The van der Waals surface area contributed by atoms with E-state index in [0.29, 0.717) is 36.8 Å². The Morgan fingerprint density at radius 3 is 2.29 bits per heavy atom. The average Bonchev–Trinajstić information content (AvgIpc) is 2.85. The van der Waals surface area contributed by atoms with Gasteiger partial charge in [-0.2, -0.15) is 0 Å². The van der Waals surface area contributed by atoms with Crippen molar-refractivity contribution in [3.05, 3.63) is 54.1 Å². The van der Waals surface area contributed by atoms with Crippen molar-refractivity contribution in [3.63, 3.8) is 0 Å². The zero-order valence-corrected chi connectivity index (χ0v) is 23.7. The molecule has 2 aromatic carbocycles. The first-order valence-corrected chi connectivity index (χ1v) is 14.8. The van der Waals surface area contributed by atoms with E-state index in [9.17, 15) is 18.0 Å². The number of sulfonamides is 1. The van der Waals surface area contributed by atoms with Gasteiger partial charge in [0.1, 0.15) is 19.3 Å². The summed E-state index contributed by atoms with van der Waals surface area (Å²) in [6.45, 7) is 8.81. The SMILES string of the molecule is CC[C@@H](C(=O)NC(C)(C)C)N(Cc1ccccc1)C(=O)CCCN(c1ccc2c(c1)OCCO2)S(C)(=O)=O. The standard InChI is InChI=1S/C28H39N3O6S/c1-6-23(27(33)29-28(2,3)4)30(20-21-11-8-7-9-12-21)26(32)13-10-16-31(38(5,34)35)22-14-15-24-25(19-22)37-18-17-36-24/h7-9,11-12,14-15,19,23H,6,10,13,16-18,20H2,1-5H3,(H,29,33)/t23-/m0/s1. The molecule has 2 amide bonds. The van der Waals surface area contributed by atoms with Crippen molar-refractivity contribution in [1.82, 2.24) is 10.2 Å². The average molecular weight is 546 g/mol. The van der Waals surface area contributed by atoms with Crippen LogP contribution in [0.2, 0.25) is 0 Å². The van der Waals surface area contributed by atoms with E-state index in [-0.39, 0.29) is 37.7 Å². The molecule has 3 rings (SSSR count). The van der Waals surface area contributed by atoms with Gasteiger partial charge in [0.25, 0.3) is 0 Å². The molecule has 10 heteroatoms. The summed E-state index contributed by atoms with van der Waals surface area (Å²) in [4.78, 5) is 28.2. The van der Waals surface area contributed by atoms with Crippen molar-refractivity contribution in [1.29, 1.82) is 0 Å². The molecule has 2 aromatic rings. The Bertz CT molecular complexity index is 1210. The topological polar surface area (TPSA) is 105 Å². The van der Waals surface area contributed by atoms with Gasteiger partial charge in [-0.25, -0.2) is 8.42 Å². The maximum Gasteiger partial charge on any atom is 0.243 e. The fourth-order valence-corrected chi connectivity index (χ4v) is 5.30. The van der Waals surface area contributed by atoms with Crippen molar-refractivity contribution < 1.29 is 27.5 Å². The number of hydrogen-bond donors (Lipinski definition) is 1. The van der Waals surface area contributed by atoms with E-state index in [2.05, 4.69) is 5.32 Å². The molecular formula is C28H39N3O6S. The molecule has 0 bridgehead atoms. The molecule has 0 saturated heterocycles. The zero-order chi connectivity index (χ0) is 27.9. The van der Waals surface area contributed by atoms with Crippen LogP contribution >= 0.6 is 0 Å². The highest BCUT2D eigenvalue weighted by Gasteiger charge is 2.31. The molecule has 0 saturated carbocycles. The van der Waals surface area contributed by atoms with E-state index in [4.69, 9.17) is 9.47 Å². The van der Waals surface area contributed by atoms with Crippen molar-refractivity contribution in [2.45, 2.75) is 65.1 Å². The number of hydrogen-bond acceptors (Lipinski definition) is 6. The van der Waals surface area contributed by atoms with Gasteiger partial charge in [0.05, 0.1) is 11.9 Å². The van der Waals surface area contributed by atoms with E-state index >= 15 is 0 Å². The summed E-state index contributed by atoms with van der Waals surface area (Å²) in [5.41, 5.74) is 0.921. The molecule has 38 heavy (non-hydrogen) atoms. The quantitative estimate of drug-likeness (QED) is 0.461. The maximum absolute atomic E-state index is 13.5. The van der Waals surface area contributed by atoms with Gasteiger partial charge in [-0.1, -0.05) is 37.3 Å². The van der Waals surface area contributed by atoms with Crippen LogP contribution in [-0.2, 0) is 26.2 Å². The minimum atomic E-state index is -3.62. The number of nitrogens with zero attached hydrogens (tertiary/aromatic N) is 2. The summed E-state index contributed by atoms with van der Waals surface area (Å²) < 4.78 is 37.7. The molecule has 1 aliphatic rings. The van der Waals surface area contributed by atoms with Crippen molar-refractivity contribution >= 4 is 27.5 Å². The highest BCUT2D eigenvalue weighted by molar-refractivity contribution is 7.92. The third kappa shape index (κ3) is 8.11. The van der Waals surface area contributed by atoms with Gasteiger partial charge in [-0.05, 0) is 51.3 Å². The maximum atomic E-state index is 13.5. The van der Waals surface area contributed by atoms with Gasteiger partial charge in [0, 0.05) is 31.1 Å². The molecule has 1 aliphatic heterocycles. The smallest absolute Gasteiger partial charge is 0.243 e. The number of carbonyl (C=O) groups is 2. The minimum absolute atomic E-state index is 0.0860. The van der Waals surface area contributed by atoms with Gasteiger partial charge in [-0.15, -0.1) is 0 Å². The molecule has 0 aliphatic carbocycles. The molecule has 0 unspecified atom stereocenters. The Hall–Kier alpha value is -3.27. The Labute approximate surface area is 226 Å². The van der Waals surface area contributed by atoms with Gasteiger partial charge in [-0.3, -0.25) is 13.9 Å². The predicted molar refractivity (Wildman–Crippen MR) is 148 cm³/mol. The number of nitrogens with one attached hydrogen (secondary N) is 1. The van der Waals surface area contributed by atoms with Crippen molar-refractivity contribution in [2.24, 2.45) is 0 Å². The lowest BCUT2D eigenvalue weighted by atomic mass is 10.0. The van der Waals surface area contributed by atoms with Crippen LogP contribution in [0.15, 0.2) is 48.5 Å². The summed E-state index contributed by atoms with van der Waals surface area (Å²) in [7, 11) is -3.62. The lowest BCUT2D eigenvalue weighted by Gasteiger charge is -2.33. The Morgan fingerprint density at radius 1 is 1.03 bits per heavy atom. The largest absolute Gasteiger partial charge is 0.486 e. The van der Waals surface area contributed by atoms with Crippen molar-refractivity contribution in [2.75, 3.05) is 30.3 Å². The Balaban J connectivity index is 1.76. The molecular weight excluding hydrogens is 506 g/mol. The normalized spacial score (nSPS) is 13.9. The van der Waals surface area contributed by atoms with Gasteiger partial charge in [0.2, 0.25) is 21.8 Å². The second-order valence-corrected chi connectivity index (χ2v) is 12.3. The highest BCUT2D eigenvalue weighted by Crippen LogP contribution is 2.34. The van der Waals surface area contributed by atoms with Crippen molar-refractivity contribution in [3.8, 4) is 11.5 Å². The van der Waals surface area contributed by atoms with Crippen LogP contribution in [0.5, 0.6) is 11.5 Å². The summed E-state index contributed by atoms with van der Waals surface area (Å²) in [5, 5.41) is 2.99. The summed E-state index contributed by atoms with van der Waals surface area (Å²) in [6.07, 6.45) is 1.95.